The first kappa shape index (κ1) is 20.9. The Hall–Kier alpha value is -4.70. The Balaban J connectivity index is 1.69. The van der Waals surface area contributed by atoms with Gasteiger partial charge in [-0.05, 0) is 35.4 Å². The van der Waals surface area contributed by atoms with Crippen LogP contribution in [0, 0.1) is 0 Å². The monoisotopic (exact) mass is 454 g/mol. The molecule has 0 aliphatic heterocycles. The highest BCUT2D eigenvalue weighted by atomic mass is 16.5. The van der Waals surface area contributed by atoms with E-state index in [-0.39, 0.29) is 0 Å². The van der Waals surface area contributed by atoms with E-state index in [0.717, 1.165) is 50.8 Å². The van der Waals surface area contributed by atoms with Gasteiger partial charge in [0.2, 0.25) is 0 Å². The lowest BCUT2D eigenvalue weighted by atomic mass is 9.99. The summed E-state index contributed by atoms with van der Waals surface area (Å²) >= 11 is 0. The molecule has 2 heterocycles. The van der Waals surface area contributed by atoms with Gasteiger partial charge in [-0.3, -0.25) is 0 Å². The van der Waals surface area contributed by atoms with Crippen LogP contribution in [0.4, 0.5) is 0 Å². The lowest BCUT2D eigenvalue weighted by Gasteiger charge is -2.15. The van der Waals surface area contributed by atoms with Crippen LogP contribution in [0.25, 0.3) is 50.6 Å². The number of benzene rings is 4. The zero-order valence-electron chi connectivity index (χ0n) is 19.3. The highest BCUT2D eigenvalue weighted by Gasteiger charge is 2.24. The molecule has 0 unspecified atom stereocenters. The van der Waals surface area contributed by atoms with Gasteiger partial charge in [-0.15, -0.1) is 0 Å². The summed E-state index contributed by atoms with van der Waals surface area (Å²) in [5.41, 5.74) is 8.46. The molecule has 0 radical (unpaired) electrons. The number of methoxy groups -OCH3 is 1. The van der Waals surface area contributed by atoms with Crippen LogP contribution >= 0.6 is 0 Å². The fraction of sp³-hybridized carbons (Fsp3) is 0.0323. The van der Waals surface area contributed by atoms with E-state index in [1.807, 2.05) is 36.4 Å². The molecular weight excluding hydrogens is 430 g/mol. The molecule has 2 aromatic heterocycles. The lowest BCUT2D eigenvalue weighted by molar-refractivity contribution is -0.579. The second-order valence-corrected chi connectivity index (χ2v) is 8.39. The molecule has 0 aliphatic rings. The van der Waals surface area contributed by atoms with Gasteiger partial charge < -0.3 is 4.74 Å². The van der Waals surface area contributed by atoms with Gasteiger partial charge in [0.1, 0.15) is 22.7 Å². The number of fused-ring (bicyclic) bond motifs is 1. The van der Waals surface area contributed by atoms with Gasteiger partial charge in [-0.2, -0.15) is 4.57 Å². The molecule has 0 amide bonds. The van der Waals surface area contributed by atoms with Crippen LogP contribution in [-0.2, 0) is 0 Å². The van der Waals surface area contributed by atoms with E-state index in [1.54, 1.807) is 7.11 Å². The standard InChI is InChI=1S/C31H24N3O/c1-35-26-17-18-27-28(21-26)33-31(32-27)34-29(23-13-7-3-8-14-23)19-25(22-11-5-2-6-12-22)20-30(34)24-15-9-4-10-16-24/h2-21H,1H3,(H,32,33)/q+1. The SMILES string of the molecule is COc1ccc2nc(-[n+]3c(-c4ccccc4)cc(-c4ccccc4)cc3-c3ccccc3)[nH]c2c1. The van der Waals surface area contributed by atoms with Crippen molar-refractivity contribution in [1.82, 2.24) is 9.97 Å². The Morgan fingerprint density at radius 2 is 1.14 bits per heavy atom. The van der Waals surface area contributed by atoms with Gasteiger partial charge in [-0.1, -0.05) is 96.0 Å². The first-order valence-electron chi connectivity index (χ1n) is 11.6. The molecule has 0 spiro atoms. The molecule has 4 aromatic carbocycles. The smallest absolute Gasteiger partial charge is 0.402 e. The van der Waals surface area contributed by atoms with Crippen molar-refractivity contribution in [3.8, 4) is 45.3 Å². The predicted octanol–water partition coefficient (Wildman–Crippen LogP) is 6.85. The Morgan fingerprint density at radius 3 is 1.69 bits per heavy atom. The fourth-order valence-electron chi connectivity index (χ4n) is 4.47. The summed E-state index contributed by atoms with van der Waals surface area (Å²) in [6.45, 7) is 0. The molecule has 6 aromatic rings. The largest absolute Gasteiger partial charge is 0.497 e. The van der Waals surface area contributed by atoms with Crippen molar-refractivity contribution in [2.45, 2.75) is 0 Å². The Labute approximate surface area is 204 Å². The molecule has 6 rings (SSSR count). The molecule has 35 heavy (non-hydrogen) atoms. The van der Waals surface area contributed by atoms with E-state index in [1.165, 1.54) is 5.56 Å². The second kappa shape index (κ2) is 8.92. The fourth-order valence-corrected chi connectivity index (χ4v) is 4.47. The molecule has 0 saturated carbocycles. The maximum Gasteiger partial charge on any atom is 0.402 e. The highest BCUT2D eigenvalue weighted by Crippen LogP contribution is 2.30. The predicted molar refractivity (Wildman–Crippen MR) is 140 cm³/mol. The summed E-state index contributed by atoms with van der Waals surface area (Å²) in [7, 11) is 1.68. The number of pyridine rings is 1. The van der Waals surface area contributed by atoms with Crippen molar-refractivity contribution in [3.63, 3.8) is 0 Å². The molecule has 0 atom stereocenters. The topological polar surface area (TPSA) is 41.8 Å². The summed E-state index contributed by atoms with van der Waals surface area (Å²) in [6, 6.07) is 41.8. The number of hydrogen-bond acceptors (Lipinski definition) is 2. The number of H-pyrrole nitrogens is 1. The van der Waals surface area contributed by atoms with E-state index >= 15 is 0 Å². The van der Waals surface area contributed by atoms with Crippen molar-refractivity contribution in [2.24, 2.45) is 0 Å². The van der Waals surface area contributed by atoms with Crippen molar-refractivity contribution in [1.29, 1.82) is 0 Å². The van der Waals surface area contributed by atoms with Gasteiger partial charge in [0.05, 0.1) is 7.11 Å². The van der Waals surface area contributed by atoms with Gasteiger partial charge in [0.15, 0.2) is 5.52 Å². The Kier molecular flexibility index (Phi) is 5.32. The maximum atomic E-state index is 5.43. The number of aromatic nitrogens is 3. The third kappa shape index (κ3) is 3.96. The number of aromatic amines is 1. The van der Waals surface area contributed by atoms with Crippen LogP contribution in [0.5, 0.6) is 5.75 Å². The van der Waals surface area contributed by atoms with Crippen molar-refractivity contribution in [2.75, 3.05) is 7.11 Å². The molecule has 0 bridgehead atoms. The van der Waals surface area contributed by atoms with Crippen LogP contribution in [0.3, 0.4) is 0 Å². The van der Waals surface area contributed by atoms with Crippen molar-refractivity contribution in [3.05, 3.63) is 121 Å². The second-order valence-electron chi connectivity index (χ2n) is 8.39. The Morgan fingerprint density at radius 1 is 0.600 bits per heavy atom. The zero-order valence-corrected chi connectivity index (χ0v) is 19.3. The molecule has 0 aliphatic carbocycles. The molecular formula is C31H24N3O+. The number of hydrogen-bond donors (Lipinski definition) is 1. The van der Waals surface area contributed by atoms with E-state index in [0.29, 0.717) is 0 Å². The highest BCUT2D eigenvalue weighted by molar-refractivity contribution is 5.78. The van der Waals surface area contributed by atoms with Crippen LogP contribution in [-0.4, -0.2) is 17.1 Å². The number of nitrogens with one attached hydrogen (secondary N) is 1. The van der Waals surface area contributed by atoms with E-state index in [9.17, 15) is 0 Å². The summed E-state index contributed by atoms with van der Waals surface area (Å²) in [5.74, 6) is 1.55. The van der Waals surface area contributed by atoms with Crippen molar-refractivity contribution < 1.29 is 9.30 Å². The van der Waals surface area contributed by atoms with Crippen LogP contribution in [0.1, 0.15) is 0 Å². The minimum absolute atomic E-state index is 0.755. The first-order valence-corrected chi connectivity index (χ1v) is 11.6. The minimum atomic E-state index is 0.755. The summed E-state index contributed by atoms with van der Waals surface area (Å²) in [6.07, 6.45) is 0. The molecule has 0 fully saturated rings. The van der Waals surface area contributed by atoms with Crippen molar-refractivity contribution >= 4 is 11.0 Å². The third-order valence-corrected chi connectivity index (χ3v) is 6.20. The van der Waals surface area contributed by atoms with Gasteiger partial charge in [-0.25, -0.2) is 4.98 Å². The lowest BCUT2D eigenvalue weighted by Crippen LogP contribution is -2.37. The summed E-state index contributed by atoms with van der Waals surface area (Å²) in [5, 5.41) is 0. The van der Waals surface area contributed by atoms with Crippen LogP contribution < -0.4 is 9.30 Å². The molecule has 0 saturated heterocycles. The maximum absolute atomic E-state index is 5.43. The van der Waals surface area contributed by atoms with E-state index in [2.05, 4.69) is 94.5 Å². The van der Waals surface area contributed by atoms with Gasteiger partial charge in [0.25, 0.3) is 0 Å². The van der Waals surface area contributed by atoms with E-state index < -0.39 is 0 Å². The minimum Gasteiger partial charge on any atom is -0.497 e. The number of ether oxygens (including phenoxy) is 1. The van der Waals surface area contributed by atoms with Gasteiger partial charge in [0, 0.05) is 17.2 Å². The Bertz CT molecular complexity index is 1550. The quantitative estimate of drug-likeness (QED) is 0.290. The molecule has 4 nitrogen and oxygen atoms in total. The van der Waals surface area contributed by atoms with E-state index in [4.69, 9.17) is 9.72 Å². The zero-order chi connectivity index (χ0) is 23.6. The van der Waals surface area contributed by atoms with Crippen LogP contribution in [0.15, 0.2) is 121 Å². The number of rotatable bonds is 5. The number of imidazole rings is 1. The van der Waals surface area contributed by atoms with Gasteiger partial charge >= 0.3 is 5.95 Å². The number of nitrogens with zero attached hydrogens (tertiary/aromatic N) is 2. The summed E-state index contributed by atoms with van der Waals surface area (Å²) in [4.78, 5) is 8.52. The normalized spacial score (nSPS) is 11.0. The summed E-state index contributed by atoms with van der Waals surface area (Å²) < 4.78 is 7.65. The molecule has 168 valence electrons. The molecule has 4 heteroatoms. The average molecular weight is 455 g/mol. The molecule has 1 N–H and O–H groups in total. The first-order chi connectivity index (χ1) is 17.3. The third-order valence-electron chi connectivity index (χ3n) is 6.20. The van der Waals surface area contributed by atoms with Crippen LogP contribution in [0.2, 0.25) is 0 Å². The average Bonchev–Trinajstić information content (AvgIpc) is 3.37.